The highest BCUT2D eigenvalue weighted by atomic mass is 35.5. The van der Waals surface area contributed by atoms with Crippen LogP contribution in [0.15, 0.2) is 38.2 Å². The summed E-state index contributed by atoms with van der Waals surface area (Å²) in [5.74, 6) is 1.42. The summed E-state index contributed by atoms with van der Waals surface area (Å²) in [5.41, 5.74) is 12.7. The molecule has 0 radical (unpaired) electrons. The Morgan fingerprint density at radius 3 is 2.57 bits per heavy atom. The van der Waals surface area contributed by atoms with E-state index in [4.69, 9.17) is 28.1 Å². The largest absolute Gasteiger partial charge is 0.369 e. The first kappa shape index (κ1) is 19.1. The molecule has 1 saturated carbocycles. The Morgan fingerprint density at radius 2 is 1.89 bits per heavy atom. The fourth-order valence-electron chi connectivity index (χ4n) is 3.80. The molecule has 10 heteroatoms. The van der Waals surface area contributed by atoms with Crippen molar-refractivity contribution < 1.29 is 0 Å². The second-order valence-electron chi connectivity index (χ2n) is 7.12. The zero-order valence-corrected chi connectivity index (χ0v) is 17.5. The van der Waals surface area contributed by atoms with Gasteiger partial charge in [-0.05, 0) is 62.6 Å². The molecule has 1 aliphatic heterocycles. The molecule has 1 spiro atoms. The third-order valence-electron chi connectivity index (χ3n) is 5.27. The van der Waals surface area contributed by atoms with E-state index in [0.717, 1.165) is 47.2 Å². The molecule has 28 heavy (non-hydrogen) atoms. The number of nitrogens with zero attached hydrogens (tertiary/aromatic N) is 6. The van der Waals surface area contributed by atoms with Gasteiger partial charge in [0, 0.05) is 17.0 Å². The maximum Gasteiger partial charge on any atom is 0.220 e. The molecule has 0 atom stereocenters. The van der Waals surface area contributed by atoms with Crippen LogP contribution in [0.2, 0.25) is 5.02 Å². The summed E-state index contributed by atoms with van der Waals surface area (Å²) < 4.78 is 1.95. The maximum absolute atomic E-state index is 6.38. The van der Waals surface area contributed by atoms with E-state index in [2.05, 4.69) is 15.2 Å². The number of aryl methyl sites for hydroxylation is 1. The Balaban J connectivity index is 1.81. The topological polar surface area (TPSA) is 111 Å². The van der Waals surface area contributed by atoms with E-state index in [-0.39, 0.29) is 5.96 Å². The van der Waals surface area contributed by atoms with Gasteiger partial charge in [0.2, 0.25) is 11.9 Å². The zero-order valence-electron chi connectivity index (χ0n) is 15.9. The van der Waals surface area contributed by atoms with E-state index in [1.807, 2.05) is 41.6 Å². The van der Waals surface area contributed by atoms with Crippen molar-refractivity contribution in [1.29, 1.82) is 0 Å². The molecule has 0 unspecified atom stereocenters. The number of hydrogen-bond donors (Lipinski definition) is 2. The SMILES string of the molecule is Cc1nnc(Sc2ccc(Cl)cc2N2C(N)=NC(N)=NC23CCCCC3)n1C. The third-order valence-corrected chi connectivity index (χ3v) is 6.61. The van der Waals surface area contributed by atoms with Gasteiger partial charge in [-0.15, -0.1) is 10.2 Å². The highest BCUT2D eigenvalue weighted by Gasteiger charge is 2.43. The first-order valence-electron chi connectivity index (χ1n) is 9.23. The molecule has 2 aromatic rings. The van der Waals surface area contributed by atoms with Crippen molar-refractivity contribution in [3.63, 3.8) is 0 Å². The molecule has 0 bridgehead atoms. The van der Waals surface area contributed by atoms with Crippen LogP contribution in [0.3, 0.4) is 0 Å². The molecule has 4 N–H and O–H groups in total. The second kappa shape index (κ2) is 7.29. The van der Waals surface area contributed by atoms with Gasteiger partial charge in [-0.25, -0.2) is 4.99 Å². The molecular weight excluding hydrogens is 396 g/mol. The Hall–Kier alpha value is -2.26. The minimum absolute atomic E-state index is 0.232. The summed E-state index contributed by atoms with van der Waals surface area (Å²) in [6.45, 7) is 1.92. The number of aliphatic imine (C=N–C) groups is 2. The van der Waals surface area contributed by atoms with Crippen molar-refractivity contribution in [1.82, 2.24) is 14.8 Å². The predicted octanol–water partition coefficient (Wildman–Crippen LogP) is 3.04. The van der Waals surface area contributed by atoms with Gasteiger partial charge in [0.1, 0.15) is 11.5 Å². The fraction of sp³-hybridized carbons (Fsp3) is 0.444. The van der Waals surface area contributed by atoms with Crippen molar-refractivity contribution in [3.05, 3.63) is 29.0 Å². The lowest BCUT2D eigenvalue weighted by Gasteiger charge is -2.46. The molecule has 148 valence electrons. The van der Waals surface area contributed by atoms with Crippen LogP contribution in [0.5, 0.6) is 0 Å². The van der Waals surface area contributed by atoms with Gasteiger partial charge in [-0.2, -0.15) is 4.99 Å². The average Bonchev–Trinajstić information content (AvgIpc) is 2.96. The number of aromatic nitrogens is 3. The summed E-state index contributed by atoms with van der Waals surface area (Å²) in [7, 11) is 1.94. The molecule has 1 aliphatic carbocycles. The van der Waals surface area contributed by atoms with Gasteiger partial charge in [0.25, 0.3) is 0 Å². The molecule has 8 nitrogen and oxygen atoms in total. The first-order valence-corrected chi connectivity index (χ1v) is 10.4. The number of benzene rings is 1. The fourth-order valence-corrected chi connectivity index (χ4v) is 4.90. The van der Waals surface area contributed by atoms with E-state index in [1.165, 1.54) is 18.2 Å². The molecule has 2 aliphatic rings. The number of guanidine groups is 2. The summed E-state index contributed by atoms with van der Waals surface area (Å²) in [5, 5.41) is 9.82. The van der Waals surface area contributed by atoms with Crippen molar-refractivity contribution >= 4 is 41.0 Å². The Kier molecular flexibility index (Phi) is 4.96. The van der Waals surface area contributed by atoms with E-state index in [0.29, 0.717) is 11.0 Å². The van der Waals surface area contributed by atoms with Gasteiger partial charge in [-0.1, -0.05) is 18.0 Å². The van der Waals surface area contributed by atoms with E-state index < -0.39 is 5.66 Å². The van der Waals surface area contributed by atoms with E-state index in [9.17, 15) is 0 Å². The monoisotopic (exact) mass is 418 g/mol. The van der Waals surface area contributed by atoms with Gasteiger partial charge >= 0.3 is 0 Å². The Morgan fingerprint density at radius 1 is 1.14 bits per heavy atom. The third kappa shape index (κ3) is 3.33. The zero-order chi connectivity index (χ0) is 19.9. The highest BCUT2D eigenvalue weighted by molar-refractivity contribution is 7.99. The van der Waals surface area contributed by atoms with E-state index in [1.54, 1.807) is 0 Å². The molecule has 1 aromatic heterocycles. The number of nitrogens with two attached hydrogens (primary N) is 2. The smallest absolute Gasteiger partial charge is 0.220 e. The van der Waals surface area contributed by atoms with Gasteiger partial charge in [0.15, 0.2) is 5.16 Å². The van der Waals surface area contributed by atoms with Crippen LogP contribution in [-0.2, 0) is 7.05 Å². The maximum atomic E-state index is 6.38. The Labute approximate surface area is 173 Å². The second-order valence-corrected chi connectivity index (χ2v) is 8.57. The number of rotatable bonds is 3. The molecule has 4 rings (SSSR count). The summed E-state index contributed by atoms with van der Waals surface area (Å²) in [4.78, 5) is 12.0. The summed E-state index contributed by atoms with van der Waals surface area (Å²) >= 11 is 7.88. The quantitative estimate of drug-likeness (QED) is 0.792. The molecule has 1 aromatic carbocycles. The summed E-state index contributed by atoms with van der Waals surface area (Å²) in [6, 6.07) is 5.74. The van der Waals surface area contributed by atoms with Gasteiger partial charge < -0.3 is 16.0 Å². The lowest BCUT2D eigenvalue weighted by Crippen LogP contribution is -2.58. The predicted molar refractivity (Wildman–Crippen MR) is 113 cm³/mol. The normalized spacial score (nSPS) is 18.9. The Bertz CT molecular complexity index is 960. The highest BCUT2D eigenvalue weighted by Crippen LogP contribution is 2.44. The standard InChI is InChI=1S/C18H23ClN8S/c1-11-24-25-17(26(11)2)28-14-7-6-12(19)10-13(14)27-16(21)22-15(20)23-18(27)8-4-3-5-9-18/h6-7,10H,3-5,8-9H2,1-2H3,(H4,20,21,22,23). The lowest BCUT2D eigenvalue weighted by atomic mass is 9.87. The van der Waals surface area contributed by atoms with Gasteiger partial charge in [-0.3, -0.25) is 4.90 Å². The van der Waals surface area contributed by atoms with Crippen LogP contribution in [0, 0.1) is 6.92 Å². The molecule has 0 saturated heterocycles. The van der Waals surface area contributed by atoms with Crippen molar-refractivity contribution in [2.45, 2.75) is 54.7 Å². The van der Waals surface area contributed by atoms with Gasteiger partial charge in [0.05, 0.1) is 5.69 Å². The number of halogens is 1. The molecule has 2 heterocycles. The first-order chi connectivity index (χ1) is 13.4. The van der Waals surface area contributed by atoms with Crippen LogP contribution >= 0.6 is 23.4 Å². The number of anilines is 1. The van der Waals surface area contributed by atoms with Crippen molar-refractivity contribution in [2.75, 3.05) is 4.90 Å². The van der Waals surface area contributed by atoms with Crippen LogP contribution in [0.25, 0.3) is 0 Å². The lowest BCUT2D eigenvalue weighted by molar-refractivity contribution is 0.305. The minimum Gasteiger partial charge on any atom is -0.369 e. The van der Waals surface area contributed by atoms with Crippen molar-refractivity contribution in [3.8, 4) is 0 Å². The average molecular weight is 419 g/mol. The summed E-state index contributed by atoms with van der Waals surface area (Å²) in [6.07, 6.45) is 5.03. The van der Waals surface area contributed by atoms with E-state index >= 15 is 0 Å². The van der Waals surface area contributed by atoms with Crippen LogP contribution in [0.1, 0.15) is 37.9 Å². The van der Waals surface area contributed by atoms with Crippen molar-refractivity contribution in [2.24, 2.45) is 28.5 Å². The van der Waals surface area contributed by atoms with Crippen LogP contribution in [-0.4, -0.2) is 32.3 Å². The molecular formula is C18H23ClN8S. The van der Waals surface area contributed by atoms with Crippen LogP contribution in [0.4, 0.5) is 5.69 Å². The van der Waals surface area contributed by atoms with Crippen LogP contribution < -0.4 is 16.4 Å². The minimum atomic E-state index is -0.524. The molecule has 0 amide bonds. The molecule has 1 fully saturated rings. The number of hydrogen-bond acceptors (Lipinski definition) is 8.